The largest absolute Gasteiger partial charge is 0.456 e. The van der Waals surface area contributed by atoms with Crippen molar-refractivity contribution in [2.45, 2.75) is 77.0 Å². The number of fused-ring (bicyclic) bond motifs is 21. The van der Waals surface area contributed by atoms with Gasteiger partial charge in [0.2, 0.25) is 0 Å². The van der Waals surface area contributed by atoms with Crippen LogP contribution in [0.1, 0.15) is 99.9 Å². The van der Waals surface area contributed by atoms with Crippen molar-refractivity contribution in [3.05, 3.63) is 233 Å². The zero-order valence-electron chi connectivity index (χ0n) is 40.8. The number of para-hydroxylation sites is 2. The summed E-state index contributed by atoms with van der Waals surface area (Å²) < 4.78 is 6.92. The van der Waals surface area contributed by atoms with E-state index >= 15 is 0 Å². The van der Waals surface area contributed by atoms with E-state index in [1.807, 2.05) is 0 Å². The Morgan fingerprint density at radius 2 is 0.913 bits per heavy atom. The number of benzene rings is 9. The van der Waals surface area contributed by atoms with Gasteiger partial charge < -0.3 is 9.32 Å². The Morgan fingerprint density at radius 3 is 1.51 bits per heavy atom. The molecule has 0 radical (unpaired) electrons. The van der Waals surface area contributed by atoms with Gasteiger partial charge in [0.15, 0.2) is 8.07 Å². The van der Waals surface area contributed by atoms with Gasteiger partial charge in [0.1, 0.15) is 11.2 Å². The summed E-state index contributed by atoms with van der Waals surface area (Å²) in [5.41, 5.74) is 20.4. The standard InChI is InChI=1S/C66H55NOSi/c1-63(2,3)40-29-33-49-52(35-40)66(53-36-41(64(4,5)6)30-34-50(53)65(49,7)8)51-23-13-14-24-55(51)67(56-39-58-48(38-54(56)66)43-19-9-15-25-57(43)68-58)42-31-32-47-46-22-12-18-28-61(46)69(62(47)37-42)59-26-16-10-20-44(59)45-21-11-17-27-60(45)69/h9-39H,1-8H3. The summed E-state index contributed by atoms with van der Waals surface area (Å²) in [6.45, 7) is 19.0. The predicted molar refractivity (Wildman–Crippen MR) is 291 cm³/mol. The summed E-state index contributed by atoms with van der Waals surface area (Å²) in [4.78, 5) is 2.60. The number of hydrogen-bond donors (Lipinski definition) is 0. The highest BCUT2D eigenvalue weighted by atomic mass is 28.3. The second-order valence-corrected chi connectivity index (χ2v) is 26.5. The van der Waals surface area contributed by atoms with E-state index in [1.54, 1.807) is 0 Å². The smallest absolute Gasteiger partial charge is 0.182 e. The predicted octanol–water partition coefficient (Wildman–Crippen LogP) is 14.3. The molecule has 9 aromatic carbocycles. The molecule has 0 atom stereocenters. The Kier molecular flexibility index (Phi) is 8.00. The Labute approximate surface area is 406 Å². The van der Waals surface area contributed by atoms with Crippen LogP contribution >= 0.6 is 0 Å². The van der Waals surface area contributed by atoms with Gasteiger partial charge >= 0.3 is 0 Å². The van der Waals surface area contributed by atoms with Crippen molar-refractivity contribution < 1.29 is 4.42 Å². The van der Waals surface area contributed by atoms with Crippen LogP contribution in [0.3, 0.4) is 0 Å². The lowest BCUT2D eigenvalue weighted by Crippen LogP contribution is -2.70. The molecule has 334 valence electrons. The average Bonchev–Trinajstić information content (AvgIpc) is 3.97. The van der Waals surface area contributed by atoms with Crippen molar-refractivity contribution in [1.29, 1.82) is 0 Å². The van der Waals surface area contributed by atoms with Crippen LogP contribution in [-0.4, -0.2) is 8.07 Å². The van der Waals surface area contributed by atoms with Crippen molar-refractivity contribution >= 4 is 67.8 Å². The third-order valence-corrected chi connectivity index (χ3v) is 21.8. The van der Waals surface area contributed by atoms with E-state index in [2.05, 4.69) is 248 Å². The third kappa shape index (κ3) is 5.11. The molecular weight excluding hydrogens is 851 g/mol. The Balaban J connectivity index is 1.14. The topological polar surface area (TPSA) is 16.4 Å². The molecule has 0 unspecified atom stereocenters. The van der Waals surface area contributed by atoms with E-state index in [0.717, 1.165) is 33.3 Å². The highest BCUT2D eigenvalue weighted by molar-refractivity contribution is 7.24. The normalized spacial score (nSPS) is 16.1. The lowest BCUT2D eigenvalue weighted by atomic mass is 9.52. The van der Waals surface area contributed by atoms with Gasteiger partial charge in [-0.3, -0.25) is 0 Å². The second-order valence-electron chi connectivity index (χ2n) is 22.8. The lowest BCUT2D eigenvalue weighted by molar-refractivity contribution is 0.539. The van der Waals surface area contributed by atoms with Crippen LogP contribution in [0.4, 0.5) is 17.1 Å². The SMILES string of the molecule is CC(C)(C)c1ccc2c(c1)C1(c3ccccc3N(c3ccc4c(c3)[Si]3(c5ccccc5-c5ccccc53)c3ccccc3-4)c3cc4oc5ccccc5c4cc31)c1cc(C(C)(C)C)ccc1C2(C)C. The molecule has 69 heavy (non-hydrogen) atoms. The maximum absolute atomic E-state index is 6.92. The van der Waals surface area contributed by atoms with Crippen LogP contribution in [-0.2, 0) is 21.7 Å². The van der Waals surface area contributed by atoms with Crippen LogP contribution in [0.25, 0.3) is 44.2 Å². The molecule has 4 aliphatic rings. The summed E-state index contributed by atoms with van der Waals surface area (Å²) in [6.07, 6.45) is 0. The van der Waals surface area contributed by atoms with Gasteiger partial charge in [0.05, 0.1) is 16.8 Å². The highest BCUT2D eigenvalue weighted by Gasteiger charge is 2.56. The molecular formula is C66H55NOSi. The molecule has 1 aliphatic carbocycles. The molecule has 1 aromatic heterocycles. The monoisotopic (exact) mass is 905 g/mol. The summed E-state index contributed by atoms with van der Waals surface area (Å²) in [7, 11) is -2.74. The second kappa shape index (κ2) is 13.5. The Bertz CT molecular complexity index is 3740. The maximum Gasteiger partial charge on any atom is 0.182 e. The molecule has 0 amide bonds. The van der Waals surface area contributed by atoms with Gasteiger partial charge in [-0.2, -0.15) is 0 Å². The summed E-state index contributed by atoms with van der Waals surface area (Å²) in [6, 6.07) is 73.1. The molecule has 3 heteroatoms. The van der Waals surface area contributed by atoms with Crippen molar-refractivity contribution in [1.82, 2.24) is 0 Å². The van der Waals surface area contributed by atoms with E-state index < -0.39 is 13.5 Å². The fraction of sp³-hybridized carbons (Fsp3) is 0.182. The van der Waals surface area contributed by atoms with Gasteiger partial charge in [0, 0.05) is 27.9 Å². The first kappa shape index (κ1) is 40.8. The van der Waals surface area contributed by atoms with Gasteiger partial charge in [-0.05, 0) is 129 Å². The van der Waals surface area contributed by atoms with Gasteiger partial charge in [0.25, 0.3) is 0 Å². The summed E-state index contributed by atoms with van der Waals surface area (Å²) in [5, 5.41) is 8.20. The van der Waals surface area contributed by atoms with Gasteiger partial charge in [-0.25, -0.2) is 0 Å². The highest BCUT2D eigenvalue weighted by Crippen LogP contribution is 2.64. The summed E-state index contributed by atoms with van der Waals surface area (Å²) in [5.74, 6) is 0. The minimum Gasteiger partial charge on any atom is -0.456 e. The van der Waals surface area contributed by atoms with Gasteiger partial charge in [-0.15, -0.1) is 0 Å². The van der Waals surface area contributed by atoms with Crippen LogP contribution in [0.5, 0.6) is 0 Å². The van der Waals surface area contributed by atoms with Crippen molar-refractivity contribution in [2.24, 2.45) is 0 Å². The van der Waals surface area contributed by atoms with Crippen LogP contribution in [0, 0.1) is 0 Å². The first-order chi connectivity index (χ1) is 33.2. The van der Waals surface area contributed by atoms with Crippen molar-refractivity contribution in [3.8, 4) is 22.3 Å². The molecule has 0 bridgehead atoms. The molecule has 10 aromatic rings. The molecule has 14 rings (SSSR count). The number of rotatable bonds is 1. The van der Waals surface area contributed by atoms with Crippen LogP contribution < -0.4 is 25.6 Å². The zero-order chi connectivity index (χ0) is 47.0. The van der Waals surface area contributed by atoms with E-state index in [4.69, 9.17) is 4.42 Å². The Hall–Kier alpha value is -7.20. The van der Waals surface area contributed by atoms with E-state index in [-0.39, 0.29) is 16.2 Å². The molecule has 0 saturated heterocycles. The van der Waals surface area contributed by atoms with Crippen molar-refractivity contribution in [3.63, 3.8) is 0 Å². The van der Waals surface area contributed by atoms with Gasteiger partial charge in [-0.1, -0.05) is 207 Å². The molecule has 0 N–H and O–H groups in total. The molecule has 0 saturated carbocycles. The number of hydrogen-bond acceptors (Lipinski definition) is 2. The van der Waals surface area contributed by atoms with Crippen LogP contribution in [0.2, 0.25) is 0 Å². The molecule has 2 spiro atoms. The van der Waals surface area contributed by atoms with E-state index in [9.17, 15) is 0 Å². The fourth-order valence-electron chi connectivity index (χ4n) is 13.6. The average molecular weight is 906 g/mol. The number of anilines is 3. The lowest BCUT2D eigenvalue weighted by Gasteiger charge is -2.53. The van der Waals surface area contributed by atoms with E-state index in [0.29, 0.717) is 0 Å². The number of nitrogens with zero attached hydrogens (tertiary/aromatic N) is 1. The Morgan fingerprint density at radius 1 is 0.391 bits per heavy atom. The number of furan rings is 1. The molecule has 2 nitrogen and oxygen atoms in total. The minimum absolute atomic E-state index is 0.0685. The maximum atomic E-state index is 6.92. The van der Waals surface area contributed by atoms with Crippen LogP contribution in [0.15, 0.2) is 192 Å². The third-order valence-electron chi connectivity index (χ3n) is 16.9. The minimum atomic E-state index is -2.74. The fourth-order valence-corrected chi connectivity index (χ4v) is 19.2. The quantitative estimate of drug-likeness (QED) is 0.153. The zero-order valence-corrected chi connectivity index (χ0v) is 41.8. The summed E-state index contributed by atoms with van der Waals surface area (Å²) >= 11 is 0. The first-order valence-electron chi connectivity index (χ1n) is 24.8. The van der Waals surface area contributed by atoms with Crippen molar-refractivity contribution in [2.75, 3.05) is 4.90 Å². The first-order valence-corrected chi connectivity index (χ1v) is 26.8. The molecule has 0 fully saturated rings. The molecule has 3 aliphatic heterocycles. The molecule has 4 heterocycles. The van der Waals surface area contributed by atoms with E-state index in [1.165, 1.54) is 93.2 Å².